The highest BCUT2D eigenvalue weighted by molar-refractivity contribution is 6.30. The summed E-state index contributed by atoms with van der Waals surface area (Å²) >= 11 is 5.98. The predicted octanol–water partition coefficient (Wildman–Crippen LogP) is 3.90. The minimum atomic E-state index is 0.686. The summed E-state index contributed by atoms with van der Waals surface area (Å²) in [6, 6.07) is 17.9. The van der Waals surface area contributed by atoms with E-state index in [1.807, 2.05) is 46.9 Å². The number of rotatable bonds is 4. The SMILES string of the molecule is Clc1ccc(-n2ncc3c2ncn2c(CCc4ccccc4)nnc32)cc1. The van der Waals surface area contributed by atoms with Crippen LogP contribution in [0.25, 0.3) is 22.4 Å². The largest absolute Gasteiger partial charge is 0.269 e. The van der Waals surface area contributed by atoms with Crippen molar-refractivity contribution in [1.29, 1.82) is 0 Å². The van der Waals surface area contributed by atoms with Crippen molar-refractivity contribution in [3.8, 4) is 5.69 Å². The van der Waals surface area contributed by atoms with Gasteiger partial charge in [-0.05, 0) is 36.2 Å². The third-order valence-electron chi connectivity index (χ3n) is 4.60. The summed E-state index contributed by atoms with van der Waals surface area (Å²) in [5.41, 5.74) is 3.68. The monoisotopic (exact) mass is 374 g/mol. The Morgan fingerprint density at radius 1 is 0.852 bits per heavy atom. The van der Waals surface area contributed by atoms with Gasteiger partial charge in [-0.2, -0.15) is 5.10 Å². The van der Waals surface area contributed by atoms with Gasteiger partial charge in [0.2, 0.25) is 0 Å². The number of nitrogens with zero attached hydrogens (tertiary/aromatic N) is 6. The molecule has 0 unspecified atom stereocenters. The molecule has 132 valence electrons. The number of aryl methyl sites for hydroxylation is 2. The molecule has 2 aromatic carbocycles. The fraction of sp³-hybridized carbons (Fsp3) is 0.100. The molecular formula is C20H15ClN6. The summed E-state index contributed by atoms with van der Waals surface area (Å²) in [7, 11) is 0. The molecule has 0 radical (unpaired) electrons. The van der Waals surface area contributed by atoms with E-state index in [0.717, 1.165) is 41.0 Å². The molecule has 0 aliphatic carbocycles. The van der Waals surface area contributed by atoms with Gasteiger partial charge in [-0.1, -0.05) is 41.9 Å². The van der Waals surface area contributed by atoms with Crippen molar-refractivity contribution in [3.63, 3.8) is 0 Å². The maximum absolute atomic E-state index is 5.98. The van der Waals surface area contributed by atoms with Gasteiger partial charge in [0.15, 0.2) is 11.3 Å². The smallest absolute Gasteiger partial charge is 0.174 e. The van der Waals surface area contributed by atoms with Gasteiger partial charge in [0.05, 0.1) is 17.3 Å². The predicted molar refractivity (Wildman–Crippen MR) is 104 cm³/mol. The Bertz CT molecular complexity index is 1220. The molecule has 0 aliphatic rings. The van der Waals surface area contributed by atoms with Gasteiger partial charge >= 0.3 is 0 Å². The van der Waals surface area contributed by atoms with Gasteiger partial charge in [-0.3, -0.25) is 4.40 Å². The molecule has 0 atom stereocenters. The topological polar surface area (TPSA) is 60.9 Å². The van der Waals surface area contributed by atoms with Gasteiger partial charge in [0, 0.05) is 11.4 Å². The Labute approximate surface area is 160 Å². The van der Waals surface area contributed by atoms with Crippen LogP contribution in [0.2, 0.25) is 5.02 Å². The molecule has 27 heavy (non-hydrogen) atoms. The van der Waals surface area contributed by atoms with Crippen LogP contribution in [0.1, 0.15) is 11.4 Å². The molecule has 0 spiro atoms. The number of hydrogen-bond donors (Lipinski definition) is 0. The van der Waals surface area contributed by atoms with Crippen molar-refractivity contribution >= 4 is 28.3 Å². The lowest BCUT2D eigenvalue weighted by Crippen LogP contribution is -2.01. The van der Waals surface area contributed by atoms with E-state index < -0.39 is 0 Å². The first kappa shape index (κ1) is 16.0. The molecule has 3 aromatic heterocycles. The van der Waals surface area contributed by atoms with Gasteiger partial charge in [0.25, 0.3) is 0 Å². The van der Waals surface area contributed by atoms with Crippen LogP contribution in [0.5, 0.6) is 0 Å². The van der Waals surface area contributed by atoms with E-state index in [9.17, 15) is 0 Å². The molecule has 3 heterocycles. The van der Waals surface area contributed by atoms with Crippen LogP contribution in [-0.2, 0) is 12.8 Å². The fourth-order valence-corrected chi connectivity index (χ4v) is 3.33. The Hall–Kier alpha value is -3.25. The molecule has 0 bridgehead atoms. The number of halogens is 1. The fourth-order valence-electron chi connectivity index (χ4n) is 3.21. The van der Waals surface area contributed by atoms with Gasteiger partial charge in [0.1, 0.15) is 12.2 Å². The van der Waals surface area contributed by atoms with E-state index in [1.165, 1.54) is 5.56 Å². The number of benzene rings is 2. The summed E-state index contributed by atoms with van der Waals surface area (Å²) in [4.78, 5) is 4.61. The van der Waals surface area contributed by atoms with Crippen LogP contribution in [0.15, 0.2) is 67.1 Å². The van der Waals surface area contributed by atoms with Crippen molar-refractivity contribution in [3.05, 3.63) is 83.5 Å². The summed E-state index contributed by atoms with van der Waals surface area (Å²) in [6.45, 7) is 0. The van der Waals surface area contributed by atoms with Crippen molar-refractivity contribution in [1.82, 2.24) is 29.4 Å². The lowest BCUT2D eigenvalue weighted by Gasteiger charge is -2.04. The van der Waals surface area contributed by atoms with Crippen LogP contribution in [0.4, 0.5) is 0 Å². The summed E-state index contributed by atoms with van der Waals surface area (Å²) in [5.74, 6) is 0.891. The second-order valence-corrected chi connectivity index (χ2v) is 6.75. The summed E-state index contributed by atoms with van der Waals surface area (Å²) < 4.78 is 3.73. The van der Waals surface area contributed by atoms with Gasteiger partial charge < -0.3 is 0 Å². The molecule has 5 aromatic rings. The average molecular weight is 375 g/mol. The molecule has 0 saturated carbocycles. The van der Waals surface area contributed by atoms with E-state index in [1.54, 1.807) is 17.2 Å². The lowest BCUT2D eigenvalue weighted by atomic mass is 10.1. The van der Waals surface area contributed by atoms with Crippen molar-refractivity contribution in [2.75, 3.05) is 0 Å². The number of hydrogen-bond acceptors (Lipinski definition) is 4. The molecule has 0 fully saturated rings. The molecule has 0 amide bonds. The quantitative estimate of drug-likeness (QED) is 0.478. The summed E-state index contributed by atoms with van der Waals surface area (Å²) in [6.07, 6.45) is 5.25. The molecule has 0 aliphatic heterocycles. The zero-order chi connectivity index (χ0) is 18.2. The molecule has 7 heteroatoms. The Morgan fingerprint density at radius 2 is 1.67 bits per heavy atom. The maximum atomic E-state index is 5.98. The molecule has 5 rings (SSSR count). The molecule has 0 saturated heterocycles. The highest BCUT2D eigenvalue weighted by Crippen LogP contribution is 2.21. The normalized spacial score (nSPS) is 11.4. The average Bonchev–Trinajstić information content (AvgIpc) is 3.31. The van der Waals surface area contributed by atoms with Crippen molar-refractivity contribution in [2.24, 2.45) is 0 Å². The van der Waals surface area contributed by atoms with Gasteiger partial charge in [-0.15, -0.1) is 10.2 Å². The third kappa shape index (κ3) is 2.84. The zero-order valence-electron chi connectivity index (χ0n) is 14.3. The van der Waals surface area contributed by atoms with Crippen LogP contribution in [0, 0.1) is 0 Å². The van der Waals surface area contributed by atoms with E-state index >= 15 is 0 Å². The summed E-state index contributed by atoms with van der Waals surface area (Å²) in [5, 5.41) is 14.8. The molecule has 6 nitrogen and oxygen atoms in total. The highest BCUT2D eigenvalue weighted by Gasteiger charge is 2.14. The van der Waals surface area contributed by atoms with Crippen LogP contribution >= 0.6 is 11.6 Å². The minimum absolute atomic E-state index is 0.686. The Balaban J connectivity index is 1.53. The highest BCUT2D eigenvalue weighted by atomic mass is 35.5. The first-order valence-electron chi connectivity index (χ1n) is 8.66. The standard InChI is InChI=1S/C20H15ClN6/c21-15-7-9-16(10-8-15)27-19-17(12-23-27)20-25-24-18(26(20)13-22-19)11-6-14-4-2-1-3-5-14/h1-5,7-10,12-13H,6,11H2. The van der Waals surface area contributed by atoms with Crippen LogP contribution < -0.4 is 0 Å². The van der Waals surface area contributed by atoms with Crippen molar-refractivity contribution < 1.29 is 0 Å². The minimum Gasteiger partial charge on any atom is -0.269 e. The van der Waals surface area contributed by atoms with E-state index in [0.29, 0.717) is 5.02 Å². The second-order valence-electron chi connectivity index (χ2n) is 6.31. The first-order valence-corrected chi connectivity index (χ1v) is 9.03. The lowest BCUT2D eigenvalue weighted by molar-refractivity contribution is 0.831. The number of fused-ring (bicyclic) bond motifs is 3. The second kappa shape index (κ2) is 6.48. The molecule has 0 N–H and O–H groups in total. The zero-order valence-corrected chi connectivity index (χ0v) is 15.1. The van der Waals surface area contributed by atoms with Gasteiger partial charge in [-0.25, -0.2) is 9.67 Å². The van der Waals surface area contributed by atoms with E-state index in [2.05, 4.69) is 32.4 Å². The van der Waals surface area contributed by atoms with Crippen LogP contribution in [0.3, 0.4) is 0 Å². The van der Waals surface area contributed by atoms with Crippen molar-refractivity contribution in [2.45, 2.75) is 12.8 Å². The number of aromatic nitrogens is 6. The van der Waals surface area contributed by atoms with Crippen LogP contribution in [-0.4, -0.2) is 29.4 Å². The molecular weight excluding hydrogens is 360 g/mol. The Kier molecular flexibility index (Phi) is 3.83. The first-order chi connectivity index (χ1) is 13.3. The van der Waals surface area contributed by atoms with E-state index in [4.69, 9.17) is 11.6 Å². The van der Waals surface area contributed by atoms with E-state index in [-0.39, 0.29) is 0 Å². The maximum Gasteiger partial charge on any atom is 0.174 e. The third-order valence-corrected chi connectivity index (χ3v) is 4.85. The Morgan fingerprint density at radius 3 is 2.48 bits per heavy atom.